The lowest BCUT2D eigenvalue weighted by molar-refractivity contribution is -0.189. The number of nitrogens with zero attached hydrogens (tertiary/aromatic N) is 2. The van der Waals surface area contributed by atoms with E-state index >= 15 is 0 Å². The number of hydrogen-bond donors (Lipinski definition) is 4. The topological polar surface area (TPSA) is 117 Å². The number of carbonyl (C=O) groups excluding carboxylic acids is 1. The molecule has 1 amide bonds. The van der Waals surface area contributed by atoms with Crippen LogP contribution in [-0.4, -0.2) is 75.2 Å². The summed E-state index contributed by atoms with van der Waals surface area (Å²) >= 11 is 0. The molecule has 8 nitrogen and oxygen atoms in total. The Labute approximate surface area is 158 Å². The standard InChI is InChI=1S/C18H28N3O5P/c1-12(20(2)11-17(24)27(3,4)26)21(25)16(23)9-8-13-10-19-14-6-5-7-15(22)18(13)14/h5-7,10,12,17,19,22,24-25H,8-9,11H2,1-4H3. The molecule has 27 heavy (non-hydrogen) atoms. The van der Waals surface area contributed by atoms with E-state index in [-0.39, 0.29) is 18.7 Å². The summed E-state index contributed by atoms with van der Waals surface area (Å²) in [6.07, 6.45) is 1.46. The van der Waals surface area contributed by atoms with Gasteiger partial charge in [0.05, 0.1) is 0 Å². The largest absolute Gasteiger partial charge is 0.507 e. The van der Waals surface area contributed by atoms with E-state index in [0.717, 1.165) is 11.1 Å². The third-order valence-electron chi connectivity index (χ3n) is 4.79. The van der Waals surface area contributed by atoms with Gasteiger partial charge in [-0.15, -0.1) is 0 Å². The molecule has 0 saturated heterocycles. The molecule has 2 aromatic rings. The van der Waals surface area contributed by atoms with Crippen LogP contribution in [0.4, 0.5) is 0 Å². The molecule has 1 aromatic carbocycles. The maximum atomic E-state index is 12.3. The van der Waals surface area contributed by atoms with Crippen molar-refractivity contribution < 1.29 is 24.8 Å². The first-order valence-electron chi connectivity index (χ1n) is 8.74. The number of amides is 1. The molecule has 4 N–H and O–H groups in total. The molecule has 2 rings (SSSR count). The zero-order chi connectivity index (χ0) is 20.4. The number of aromatic hydroxyl groups is 1. The van der Waals surface area contributed by atoms with Crippen LogP contribution in [0, 0.1) is 0 Å². The van der Waals surface area contributed by atoms with Gasteiger partial charge in [-0.1, -0.05) is 6.07 Å². The number of aliphatic hydroxyl groups is 1. The van der Waals surface area contributed by atoms with Gasteiger partial charge in [0.25, 0.3) is 0 Å². The van der Waals surface area contributed by atoms with E-state index < -0.39 is 25.1 Å². The number of phenols is 1. The van der Waals surface area contributed by atoms with E-state index in [4.69, 9.17) is 0 Å². The van der Waals surface area contributed by atoms with E-state index in [2.05, 4.69) is 4.98 Å². The molecule has 2 unspecified atom stereocenters. The molecule has 9 heteroatoms. The maximum Gasteiger partial charge on any atom is 0.247 e. The van der Waals surface area contributed by atoms with Gasteiger partial charge in [0.1, 0.15) is 24.9 Å². The molecule has 0 saturated carbocycles. The average molecular weight is 397 g/mol. The lowest BCUT2D eigenvalue weighted by atomic mass is 10.1. The number of aromatic nitrogens is 1. The summed E-state index contributed by atoms with van der Waals surface area (Å²) in [5.74, 6) is -1.37. The van der Waals surface area contributed by atoms with Crippen molar-refractivity contribution in [3.8, 4) is 5.75 Å². The Hall–Kier alpha value is -1.86. The van der Waals surface area contributed by atoms with Crippen LogP contribution in [0.2, 0.25) is 0 Å². The van der Waals surface area contributed by atoms with E-state index in [9.17, 15) is 24.8 Å². The maximum absolute atomic E-state index is 12.3. The number of hydrogen-bond acceptors (Lipinski definition) is 6. The minimum Gasteiger partial charge on any atom is -0.507 e. The van der Waals surface area contributed by atoms with Gasteiger partial charge in [0.2, 0.25) is 5.91 Å². The van der Waals surface area contributed by atoms with Crippen LogP contribution in [-0.2, 0) is 15.8 Å². The highest BCUT2D eigenvalue weighted by Crippen LogP contribution is 2.41. The number of phenolic OH excluding ortho intramolecular Hbond substituents is 1. The quantitative estimate of drug-likeness (QED) is 0.235. The molecule has 150 valence electrons. The number of benzene rings is 1. The van der Waals surface area contributed by atoms with Gasteiger partial charge in [0, 0.05) is 30.1 Å². The van der Waals surface area contributed by atoms with Crippen molar-refractivity contribution in [2.24, 2.45) is 0 Å². The number of likely N-dealkylation sites (N-methyl/N-ethyl adjacent to an activating group) is 1. The smallest absolute Gasteiger partial charge is 0.247 e. The predicted octanol–water partition coefficient (Wildman–Crippen LogP) is 2.24. The Balaban J connectivity index is 1.97. The fourth-order valence-electron chi connectivity index (χ4n) is 2.79. The van der Waals surface area contributed by atoms with Crippen LogP contribution in [0.25, 0.3) is 10.9 Å². The minimum atomic E-state index is -2.68. The Kier molecular flexibility index (Phi) is 6.70. The van der Waals surface area contributed by atoms with Crippen molar-refractivity contribution >= 4 is 24.0 Å². The highest BCUT2D eigenvalue weighted by molar-refractivity contribution is 7.62. The van der Waals surface area contributed by atoms with Crippen LogP contribution in [0.3, 0.4) is 0 Å². The molecule has 0 bridgehead atoms. The number of carbonyl (C=O) groups is 1. The number of nitrogens with one attached hydrogen (secondary N) is 1. The molecule has 0 spiro atoms. The highest BCUT2D eigenvalue weighted by atomic mass is 31.2. The van der Waals surface area contributed by atoms with Gasteiger partial charge in [-0.3, -0.25) is 14.9 Å². The second-order valence-corrected chi connectivity index (χ2v) is 10.7. The van der Waals surface area contributed by atoms with Gasteiger partial charge in [0.15, 0.2) is 0 Å². The van der Waals surface area contributed by atoms with Crippen LogP contribution in [0.15, 0.2) is 24.4 Å². The van der Waals surface area contributed by atoms with Crippen molar-refractivity contribution in [3.63, 3.8) is 0 Å². The first kappa shape index (κ1) is 21.4. The number of fused-ring (bicyclic) bond motifs is 1. The molecular formula is C18H28N3O5P. The summed E-state index contributed by atoms with van der Waals surface area (Å²) in [4.78, 5) is 17.0. The summed E-state index contributed by atoms with van der Waals surface area (Å²) in [7, 11) is -1.04. The third-order valence-corrected chi connectivity index (χ3v) is 6.39. The molecule has 2 atom stereocenters. The fraction of sp³-hybridized carbons (Fsp3) is 0.500. The van der Waals surface area contributed by atoms with Gasteiger partial charge >= 0.3 is 0 Å². The van der Waals surface area contributed by atoms with Gasteiger partial charge < -0.3 is 19.8 Å². The fourth-order valence-corrected chi connectivity index (χ4v) is 3.44. The van der Waals surface area contributed by atoms with E-state index in [0.29, 0.717) is 16.9 Å². The van der Waals surface area contributed by atoms with Crippen molar-refractivity contribution in [2.75, 3.05) is 26.9 Å². The number of aliphatic hydroxyl groups excluding tert-OH is 1. The summed E-state index contributed by atoms with van der Waals surface area (Å²) in [6.45, 7) is 4.69. The minimum absolute atomic E-state index is 0.0541. The summed E-state index contributed by atoms with van der Waals surface area (Å²) in [5, 5.41) is 31.5. The summed E-state index contributed by atoms with van der Waals surface area (Å²) in [5.41, 5.74) is 1.57. The van der Waals surface area contributed by atoms with Crippen LogP contribution in [0.5, 0.6) is 5.75 Å². The van der Waals surface area contributed by atoms with Gasteiger partial charge in [-0.25, -0.2) is 5.06 Å². The van der Waals surface area contributed by atoms with Crippen molar-refractivity contribution in [3.05, 3.63) is 30.0 Å². The van der Waals surface area contributed by atoms with E-state index in [1.165, 1.54) is 13.3 Å². The number of aromatic amines is 1. The molecular weight excluding hydrogens is 369 g/mol. The monoisotopic (exact) mass is 397 g/mol. The average Bonchev–Trinajstić information content (AvgIpc) is 3.01. The molecule has 0 aliphatic rings. The van der Waals surface area contributed by atoms with Crippen molar-refractivity contribution in [2.45, 2.75) is 31.8 Å². The van der Waals surface area contributed by atoms with Crippen molar-refractivity contribution in [1.82, 2.24) is 14.9 Å². The zero-order valence-corrected chi connectivity index (χ0v) is 17.0. The number of aryl methyl sites for hydroxylation is 1. The first-order chi connectivity index (χ1) is 12.5. The Morgan fingerprint density at radius 2 is 2.00 bits per heavy atom. The van der Waals surface area contributed by atoms with Crippen molar-refractivity contribution in [1.29, 1.82) is 0 Å². The molecule has 0 aliphatic carbocycles. The second kappa shape index (κ2) is 8.44. The molecule has 1 heterocycles. The lowest BCUT2D eigenvalue weighted by Gasteiger charge is -2.32. The Morgan fingerprint density at radius 1 is 1.33 bits per heavy atom. The van der Waals surface area contributed by atoms with Crippen LogP contribution in [0.1, 0.15) is 18.9 Å². The third kappa shape index (κ3) is 5.11. The molecule has 0 aliphatic heterocycles. The molecule has 1 aromatic heterocycles. The normalized spacial score (nSPS) is 14.5. The zero-order valence-electron chi connectivity index (χ0n) is 16.1. The number of hydroxylamine groups is 2. The number of H-pyrrole nitrogens is 1. The first-order valence-corrected chi connectivity index (χ1v) is 11.4. The number of rotatable bonds is 8. The van der Waals surface area contributed by atoms with E-state index in [1.54, 1.807) is 37.2 Å². The van der Waals surface area contributed by atoms with Gasteiger partial charge in [-0.05, 0) is 51.4 Å². The lowest BCUT2D eigenvalue weighted by Crippen LogP contribution is -2.48. The summed E-state index contributed by atoms with van der Waals surface area (Å²) < 4.78 is 11.9. The Morgan fingerprint density at radius 3 is 2.63 bits per heavy atom. The predicted molar refractivity (Wildman–Crippen MR) is 104 cm³/mol. The molecule has 0 radical (unpaired) electrons. The van der Waals surface area contributed by atoms with Gasteiger partial charge in [-0.2, -0.15) is 0 Å². The second-order valence-electron chi connectivity index (χ2n) is 7.24. The molecule has 0 fully saturated rings. The highest BCUT2D eigenvalue weighted by Gasteiger charge is 2.27. The summed E-state index contributed by atoms with van der Waals surface area (Å²) in [6, 6.07) is 5.15. The van der Waals surface area contributed by atoms with Crippen LogP contribution < -0.4 is 0 Å². The SMILES string of the molecule is CC(N(C)CC(O)P(C)(C)=O)N(O)C(=O)CCc1c[nH]c2cccc(O)c12. The Bertz CT molecular complexity index is 847. The van der Waals surface area contributed by atoms with Crippen LogP contribution >= 0.6 is 7.14 Å². The van der Waals surface area contributed by atoms with E-state index in [1.807, 2.05) is 6.07 Å².